The summed E-state index contributed by atoms with van der Waals surface area (Å²) in [5, 5.41) is 12.3. The van der Waals surface area contributed by atoms with Gasteiger partial charge in [-0.05, 0) is 67.1 Å². The molecule has 0 saturated carbocycles. The van der Waals surface area contributed by atoms with Gasteiger partial charge in [0.15, 0.2) is 11.0 Å². The summed E-state index contributed by atoms with van der Waals surface area (Å²) in [6.07, 6.45) is 3.16. The van der Waals surface area contributed by atoms with Crippen LogP contribution in [0.5, 0.6) is 0 Å². The number of carbonyl (C=O) groups is 1. The van der Waals surface area contributed by atoms with E-state index >= 15 is 0 Å². The lowest BCUT2D eigenvalue weighted by Gasteiger charge is -2.15. The minimum Gasteiger partial charge on any atom is -0.376 e. The van der Waals surface area contributed by atoms with E-state index in [1.54, 1.807) is 12.1 Å². The first-order valence-corrected chi connectivity index (χ1v) is 12.4. The van der Waals surface area contributed by atoms with Crippen LogP contribution in [0.1, 0.15) is 44.6 Å². The van der Waals surface area contributed by atoms with Gasteiger partial charge in [0.05, 0.1) is 18.4 Å². The number of hydrogen-bond donors (Lipinski definition) is 1. The molecule has 0 spiro atoms. The molecule has 3 aromatic rings. The number of thioether (sulfide) groups is 1. The fourth-order valence-corrected chi connectivity index (χ4v) is 4.57. The highest BCUT2D eigenvalue weighted by Gasteiger charge is 2.22. The van der Waals surface area contributed by atoms with E-state index in [9.17, 15) is 9.18 Å². The maximum atomic E-state index is 13.4. The zero-order chi connectivity index (χ0) is 23.2. The van der Waals surface area contributed by atoms with E-state index < -0.39 is 0 Å². The summed E-state index contributed by atoms with van der Waals surface area (Å²) in [4.78, 5) is 12.6. The highest BCUT2D eigenvalue weighted by molar-refractivity contribution is 7.99. The number of nitrogens with one attached hydrogen (secondary N) is 1. The second kappa shape index (κ2) is 10.9. The highest BCUT2D eigenvalue weighted by Crippen LogP contribution is 2.27. The lowest BCUT2D eigenvalue weighted by molar-refractivity contribution is -0.113. The van der Waals surface area contributed by atoms with Gasteiger partial charge in [-0.15, -0.1) is 10.2 Å². The van der Waals surface area contributed by atoms with Gasteiger partial charge in [0, 0.05) is 17.9 Å². The maximum Gasteiger partial charge on any atom is 0.234 e. The van der Waals surface area contributed by atoms with Crippen LogP contribution >= 0.6 is 11.8 Å². The van der Waals surface area contributed by atoms with Crippen molar-refractivity contribution in [2.45, 2.75) is 56.8 Å². The third-order valence-corrected chi connectivity index (χ3v) is 6.90. The Labute approximate surface area is 197 Å². The van der Waals surface area contributed by atoms with Crippen molar-refractivity contribution in [2.75, 3.05) is 17.7 Å². The molecule has 2 aromatic carbocycles. The van der Waals surface area contributed by atoms with Gasteiger partial charge < -0.3 is 10.1 Å². The van der Waals surface area contributed by atoms with Crippen molar-refractivity contribution in [1.82, 2.24) is 14.8 Å². The van der Waals surface area contributed by atoms with Gasteiger partial charge in [-0.2, -0.15) is 0 Å². The fraction of sp³-hybridized carbons (Fsp3) is 0.400. The number of rotatable bonds is 9. The van der Waals surface area contributed by atoms with Gasteiger partial charge in [-0.25, -0.2) is 4.39 Å². The van der Waals surface area contributed by atoms with Gasteiger partial charge in [0.25, 0.3) is 0 Å². The topological polar surface area (TPSA) is 69.0 Å². The Kier molecular flexibility index (Phi) is 7.77. The molecule has 1 saturated heterocycles. The number of nitrogens with zero attached hydrogens (tertiary/aromatic N) is 3. The van der Waals surface area contributed by atoms with Gasteiger partial charge in [-0.1, -0.05) is 37.7 Å². The number of carbonyl (C=O) groups excluding carboxylic acids is 1. The van der Waals surface area contributed by atoms with Crippen LogP contribution in [0.25, 0.3) is 11.4 Å². The van der Waals surface area contributed by atoms with Crippen LogP contribution in [-0.4, -0.2) is 39.1 Å². The average molecular weight is 469 g/mol. The van der Waals surface area contributed by atoms with E-state index in [0.29, 0.717) is 23.4 Å². The Hall–Kier alpha value is -2.71. The van der Waals surface area contributed by atoms with E-state index in [-0.39, 0.29) is 23.6 Å². The Morgan fingerprint density at radius 1 is 1.21 bits per heavy atom. The summed E-state index contributed by atoms with van der Waals surface area (Å²) >= 11 is 1.34. The summed E-state index contributed by atoms with van der Waals surface area (Å²) in [7, 11) is 0. The number of anilines is 1. The molecule has 8 heteroatoms. The molecule has 2 atom stereocenters. The Bertz CT molecular complexity index is 1060. The third-order valence-electron chi connectivity index (χ3n) is 5.94. The van der Waals surface area contributed by atoms with Gasteiger partial charge in [0.1, 0.15) is 5.82 Å². The molecule has 1 aliphatic rings. The molecule has 1 fully saturated rings. The second-order valence-electron chi connectivity index (χ2n) is 8.33. The average Bonchev–Trinajstić information content (AvgIpc) is 3.49. The van der Waals surface area contributed by atoms with E-state index in [4.69, 9.17) is 4.74 Å². The first-order valence-electron chi connectivity index (χ1n) is 11.4. The van der Waals surface area contributed by atoms with Crippen LogP contribution in [0.2, 0.25) is 0 Å². The lowest BCUT2D eigenvalue weighted by Crippen LogP contribution is -2.18. The van der Waals surface area contributed by atoms with Crippen molar-refractivity contribution in [3.8, 4) is 11.4 Å². The zero-order valence-corrected chi connectivity index (χ0v) is 19.8. The van der Waals surface area contributed by atoms with Gasteiger partial charge in [0.2, 0.25) is 5.91 Å². The molecule has 1 aliphatic heterocycles. The predicted molar refractivity (Wildman–Crippen MR) is 129 cm³/mol. The summed E-state index contributed by atoms with van der Waals surface area (Å²) in [5.41, 5.74) is 2.82. The molecule has 174 valence electrons. The molecule has 4 rings (SSSR count). The molecule has 1 amide bonds. The minimum absolute atomic E-state index is 0.0809. The first-order chi connectivity index (χ1) is 16.0. The standard InChI is InChI=1S/C25H29FN4O2S/c1-3-17(2)18-8-12-21(13-9-18)27-23(31)16-33-25-29-28-24(19-6-10-20(26)11-7-19)30(25)15-22-5-4-14-32-22/h6-13,17,22H,3-5,14-16H2,1-2H3,(H,27,31)/t17-,22-/m0/s1. The van der Waals surface area contributed by atoms with E-state index in [1.165, 1.54) is 29.5 Å². The molecule has 0 bridgehead atoms. The smallest absolute Gasteiger partial charge is 0.234 e. The SMILES string of the molecule is CC[C@H](C)c1ccc(NC(=O)CSc2nnc(-c3ccc(F)cc3)n2C[C@@H]2CCCO2)cc1. The molecule has 0 unspecified atom stereocenters. The molecule has 1 N–H and O–H groups in total. The van der Waals surface area contributed by atoms with Crippen LogP contribution in [0.3, 0.4) is 0 Å². The molecule has 0 aliphatic carbocycles. The maximum absolute atomic E-state index is 13.4. The molecular formula is C25H29FN4O2S. The van der Waals surface area contributed by atoms with Crippen LogP contribution < -0.4 is 5.32 Å². The van der Waals surface area contributed by atoms with Crippen molar-refractivity contribution < 1.29 is 13.9 Å². The number of benzene rings is 2. The number of ether oxygens (including phenoxy) is 1. The van der Waals surface area contributed by atoms with E-state index in [1.807, 2.05) is 16.7 Å². The normalized spacial score (nSPS) is 16.6. The van der Waals surface area contributed by atoms with E-state index in [0.717, 1.165) is 37.1 Å². The van der Waals surface area contributed by atoms with E-state index in [2.05, 4.69) is 41.5 Å². The van der Waals surface area contributed by atoms with Crippen LogP contribution in [0.15, 0.2) is 53.7 Å². The summed E-state index contributed by atoms with van der Waals surface area (Å²) < 4.78 is 21.2. The number of hydrogen-bond acceptors (Lipinski definition) is 5. The van der Waals surface area contributed by atoms with Crippen molar-refractivity contribution in [1.29, 1.82) is 0 Å². The van der Waals surface area contributed by atoms with Crippen LogP contribution in [0.4, 0.5) is 10.1 Å². The molecule has 6 nitrogen and oxygen atoms in total. The fourth-order valence-electron chi connectivity index (χ4n) is 3.82. The molecular weight excluding hydrogens is 439 g/mol. The quantitative estimate of drug-likeness (QED) is 0.420. The van der Waals surface area contributed by atoms with Gasteiger partial charge >= 0.3 is 0 Å². The third kappa shape index (κ3) is 6.00. The van der Waals surface area contributed by atoms with Crippen molar-refractivity contribution >= 4 is 23.4 Å². The minimum atomic E-state index is -0.299. The number of halogens is 1. The Morgan fingerprint density at radius 3 is 2.64 bits per heavy atom. The van der Waals surface area contributed by atoms with Crippen molar-refractivity contribution in [2.24, 2.45) is 0 Å². The Morgan fingerprint density at radius 2 is 1.97 bits per heavy atom. The second-order valence-corrected chi connectivity index (χ2v) is 9.27. The molecule has 33 heavy (non-hydrogen) atoms. The van der Waals surface area contributed by atoms with Crippen LogP contribution in [0, 0.1) is 5.82 Å². The predicted octanol–water partition coefficient (Wildman–Crippen LogP) is 5.51. The first kappa shape index (κ1) is 23.4. The molecule has 1 aromatic heterocycles. The monoisotopic (exact) mass is 468 g/mol. The highest BCUT2D eigenvalue weighted by atomic mass is 32.2. The largest absolute Gasteiger partial charge is 0.376 e. The molecule has 2 heterocycles. The molecule has 0 radical (unpaired) electrons. The number of aromatic nitrogens is 3. The Balaban J connectivity index is 1.44. The summed E-state index contributed by atoms with van der Waals surface area (Å²) in [5.74, 6) is 0.948. The lowest BCUT2D eigenvalue weighted by atomic mass is 9.99. The summed E-state index contributed by atoms with van der Waals surface area (Å²) in [6.45, 7) is 5.70. The zero-order valence-electron chi connectivity index (χ0n) is 19.0. The van der Waals surface area contributed by atoms with Gasteiger partial charge in [-0.3, -0.25) is 9.36 Å². The van der Waals surface area contributed by atoms with Crippen molar-refractivity contribution in [3.05, 3.63) is 59.9 Å². The summed E-state index contributed by atoms with van der Waals surface area (Å²) in [6, 6.07) is 14.2. The van der Waals surface area contributed by atoms with Crippen molar-refractivity contribution in [3.63, 3.8) is 0 Å². The number of amides is 1. The van der Waals surface area contributed by atoms with Crippen LogP contribution in [-0.2, 0) is 16.1 Å².